The molecule has 7 heteroatoms. The normalized spacial score (nSPS) is 18.7. The molecule has 1 saturated carbocycles. The standard InChI is InChI=1S/C22H25FN2O4/c1-2-28-22(27)17-7-5-16(6-8-17)14-21(26)25(19-4-3-13-24-15-19)29-20-11-9-18(23)10-12-20/h3-4,9-13,15-17H,2,5-8,14H2,1H3. The lowest BCUT2D eigenvalue weighted by molar-refractivity contribution is -0.149. The molecule has 29 heavy (non-hydrogen) atoms. The minimum Gasteiger partial charge on any atom is -0.466 e. The van der Waals surface area contributed by atoms with E-state index in [1.54, 1.807) is 31.5 Å². The van der Waals surface area contributed by atoms with E-state index < -0.39 is 0 Å². The van der Waals surface area contributed by atoms with Crippen LogP contribution in [0.3, 0.4) is 0 Å². The number of carbonyl (C=O) groups is 2. The predicted molar refractivity (Wildman–Crippen MR) is 105 cm³/mol. The van der Waals surface area contributed by atoms with Crippen molar-refractivity contribution in [2.24, 2.45) is 11.8 Å². The van der Waals surface area contributed by atoms with Crippen LogP contribution in [-0.2, 0) is 14.3 Å². The summed E-state index contributed by atoms with van der Waals surface area (Å²) in [5.74, 6) is -0.282. The Hall–Kier alpha value is -2.96. The van der Waals surface area contributed by atoms with Gasteiger partial charge in [-0.2, -0.15) is 0 Å². The van der Waals surface area contributed by atoms with Crippen LogP contribution >= 0.6 is 0 Å². The predicted octanol–water partition coefficient (Wildman–Crippen LogP) is 4.31. The van der Waals surface area contributed by atoms with Gasteiger partial charge in [-0.05, 0) is 74.9 Å². The number of ether oxygens (including phenoxy) is 1. The van der Waals surface area contributed by atoms with Crippen molar-refractivity contribution < 1.29 is 23.6 Å². The van der Waals surface area contributed by atoms with E-state index in [-0.39, 0.29) is 29.5 Å². The number of nitrogens with zero attached hydrogens (tertiary/aromatic N) is 2. The quantitative estimate of drug-likeness (QED) is 0.512. The summed E-state index contributed by atoms with van der Waals surface area (Å²) in [6.07, 6.45) is 6.47. The number of aromatic nitrogens is 1. The number of esters is 1. The van der Waals surface area contributed by atoms with E-state index >= 15 is 0 Å². The molecule has 0 bridgehead atoms. The third kappa shape index (κ3) is 5.76. The summed E-state index contributed by atoms with van der Waals surface area (Å²) in [5, 5.41) is 1.21. The van der Waals surface area contributed by atoms with Gasteiger partial charge in [-0.3, -0.25) is 14.6 Å². The molecule has 0 radical (unpaired) electrons. The molecule has 1 fully saturated rings. The van der Waals surface area contributed by atoms with Crippen molar-refractivity contribution in [3.8, 4) is 5.75 Å². The zero-order valence-corrected chi connectivity index (χ0v) is 16.4. The molecule has 1 aromatic heterocycles. The first kappa shape index (κ1) is 20.8. The van der Waals surface area contributed by atoms with Crippen LogP contribution in [0.25, 0.3) is 0 Å². The molecule has 3 rings (SSSR count). The second-order valence-electron chi connectivity index (χ2n) is 7.12. The molecule has 0 N–H and O–H groups in total. The van der Waals surface area contributed by atoms with E-state index in [1.807, 2.05) is 0 Å². The van der Waals surface area contributed by atoms with Crippen molar-refractivity contribution in [3.05, 3.63) is 54.6 Å². The summed E-state index contributed by atoms with van der Waals surface area (Å²) >= 11 is 0. The molecule has 1 heterocycles. The van der Waals surface area contributed by atoms with E-state index in [4.69, 9.17) is 9.57 Å². The number of rotatable bonds is 7. The number of carbonyl (C=O) groups excluding carboxylic acids is 2. The SMILES string of the molecule is CCOC(=O)C1CCC(CC(=O)N(Oc2ccc(F)cc2)c2cccnc2)CC1. The first-order chi connectivity index (χ1) is 14.1. The van der Waals surface area contributed by atoms with Crippen molar-refractivity contribution in [2.45, 2.75) is 39.0 Å². The van der Waals surface area contributed by atoms with Gasteiger partial charge in [0.15, 0.2) is 5.75 Å². The molecule has 1 aliphatic rings. The number of hydrogen-bond donors (Lipinski definition) is 0. The molecular formula is C22H25FN2O4. The van der Waals surface area contributed by atoms with Crippen molar-refractivity contribution in [3.63, 3.8) is 0 Å². The van der Waals surface area contributed by atoms with Crippen molar-refractivity contribution >= 4 is 17.6 Å². The van der Waals surface area contributed by atoms with Crippen LogP contribution in [0, 0.1) is 17.7 Å². The highest BCUT2D eigenvalue weighted by molar-refractivity contribution is 5.91. The monoisotopic (exact) mass is 400 g/mol. The van der Waals surface area contributed by atoms with Gasteiger partial charge < -0.3 is 9.57 Å². The Kier molecular flexibility index (Phi) is 7.16. The second-order valence-corrected chi connectivity index (χ2v) is 7.12. The number of halogens is 1. The Labute approximate surface area is 169 Å². The third-order valence-corrected chi connectivity index (χ3v) is 5.05. The number of hydrogen-bond acceptors (Lipinski definition) is 5. The van der Waals surface area contributed by atoms with Gasteiger partial charge in [0.05, 0.1) is 18.7 Å². The lowest BCUT2D eigenvalue weighted by Crippen LogP contribution is -2.36. The molecule has 2 aromatic rings. The maximum absolute atomic E-state index is 13.2. The van der Waals surface area contributed by atoms with Crippen LogP contribution in [0.5, 0.6) is 5.75 Å². The highest BCUT2D eigenvalue weighted by Crippen LogP contribution is 2.32. The largest absolute Gasteiger partial charge is 0.466 e. The van der Waals surface area contributed by atoms with Crippen LogP contribution in [-0.4, -0.2) is 23.5 Å². The summed E-state index contributed by atoms with van der Waals surface area (Å²) in [6.45, 7) is 2.19. The van der Waals surface area contributed by atoms with E-state index in [0.717, 1.165) is 25.7 Å². The van der Waals surface area contributed by atoms with E-state index in [1.165, 1.54) is 29.3 Å². The maximum Gasteiger partial charge on any atom is 0.308 e. The molecule has 0 saturated heterocycles. The Bertz CT molecular complexity index is 805. The average molecular weight is 400 g/mol. The Morgan fingerprint density at radius 1 is 1.14 bits per heavy atom. The number of amides is 1. The smallest absolute Gasteiger partial charge is 0.308 e. The third-order valence-electron chi connectivity index (χ3n) is 5.05. The summed E-state index contributed by atoms with van der Waals surface area (Å²) < 4.78 is 18.3. The van der Waals surface area contributed by atoms with Gasteiger partial charge in [-0.25, -0.2) is 4.39 Å². The van der Waals surface area contributed by atoms with E-state index in [0.29, 0.717) is 24.5 Å². The van der Waals surface area contributed by atoms with Crippen molar-refractivity contribution in [1.82, 2.24) is 4.98 Å². The van der Waals surface area contributed by atoms with Gasteiger partial charge in [-0.1, -0.05) is 0 Å². The van der Waals surface area contributed by atoms with Gasteiger partial charge in [-0.15, -0.1) is 5.06 Å². The average Bonchev–Trinajstić information content (AvgIpc) is 2.74. The van der Waals surface area contributed by atoms with Crippen molar-refractivity contribution in [2.75, 3.05) is 11.7 Å². The van der Waals surface area contributed by atoms with Crippen LogP contribution in [0.15, 0.2) is 48.8 Å². The Morgan fingerprint density at radius 2 is 1.86 bits per heavy atom. The molecule has 0 aliphatic heterocycles. The highest BCUT2D eigenvalue weighted by Gasteiger charge is 2.30. The van der Waals surface area contributed by atoms with Gasteiger partial charge in [0.1, 0.15) is 11.5 Å². The zero-order chi connectivity index (χ0) is 20.6. The second kappa shape index (κ2) is 10.0. The van der Waals surface area contributed by atoms with Crippen LogP contribution < -0.4 is 9.90 Å². The first-order valence-corrected chi connectivity index (χ1v) is 9.90. The summed E-state index contributed by atoms with van der Waals surface area (Å²) in [7, 11) is 0. The number of pyridine rings is 1. The maximum atomic E-state index is 13.2. The molecule has 0 unspecified atom stereocenters. The molecule has 1 aromatic carbocycles. The fourth-order valence-electron chi connectivity index (χ4n) is 3.51. The Morgan fingerprint density at radius 3 is 2.48 bits per heavy atom. The van der Waals surface area contributed by atoms with Crippen LogP contribution in [0.2, 0.25) is 0 Å². The number of hydroxylamine groups is 1. The van der Waals surface area contributed by atoms with Gasteiger partial charge >= 0.3 is 5.97 Å². The first-order valence-electron chi connectivity index (χ1n) is 9.90. The van der Waals surface area contributed by atoms with Crippen LogP contribution in [0.4, 0.5) is 10.1 Å². The number of anilines is 1. The lowest BCUT2D eigenvalue weighted by Gasteiger charge is -2.29. The fraction of sp³-hybridized carbons (Fsp3) is 0.409. The van der Waals surface area contributed by atoms with E-state index in [9.17, 15) is 14.0 Å². The topological polar surface area (TPSA) is 68.7 Å². The number of benzene rings is 1. The van der Waals surface area contributed by atoms with Gasteiger partial charge in [0, 0.05) is 12.6 Å². The molecule has 0 atom stereocenters. The molecule has 0 spiro atoms. The fourth-order valence-corrected chi connectivity index (χ4v) is 3.51. The summed E-state index contributed by atoms with van der Waals surface area (Å²) in [6, 6.07) is 8.93. The zero-order valence-electron chi connectivity index (χ0n) is 16.4. The minimum absolute atomic E-state index is 0.0776. The molecule has 1 amide bonds. The van der Waals surface area contributed by atoms with Gasteiger partial charge in [0.25, 0.3) is 5.91 Å². The molecule has 1 aliphatic carbocycles. The highest BCUT2D eigenvalue weighted by atomic mass is 19.1. The van der Waals surface area contributed by atoms with Crippen LogP contribution in [0.1, 0.15) is 39.0 Å². The van der Waals surface area contributed by atoms with E-state index in [2.05, 4.69) is 4.98 Å². The molecule has 154 valence electrons. The summed E-state index contributed by atoms with van der Waals surface area (Å²) in [5.41, 5.74) is 0.502. The van der Waals surface area contributed by atoms with Crippen molar-refractivity contribution in [1.29, 1.82) is 0 Å². The van der Waals surface area contributed by atoms with Gasteiger partial charge in [0.2, 0.25) is 0 Å². The minimum atomic E-state index is -0.380. The Balaban J connectivity index is 1.64. The molecule has 6 nitrogen and oxygen atoms in total. The summed E-state index contributed by atoms with van der Waals surface area (Å²) in [4.78, 5) is 34.7. The lowest BCUT2D eigenvalue weighted by atomic mass is 9.80. The molecular weight excluding hydrogens is 375 g/mol.